The molecule has 0 saturated heterocycles. The van der Waals surface area contributed by atoms with Gasteiger partial charge in [-0.25, -0.2) is 0 Å². The number of carboxylic acid groups (broad SMARTS) is 1. The van der Waals surface area contributed by atoms with Crippen LogP contribution in [-0.4, -0.2) is 29.6 Å². The van der Waals surface area contributed by atoms with Gasteiger partial charge in [-0.3, -0.25) is 9.59 Å². The summed E-state index contributed by atoms with van der Waals surface area (Å²) >= 11 is 0. The molecule has 1 atom stereocenters. The minimum absolute atomic E-state index is 0.0775. The first-order valence-corrected chi connectivity index (χ1v) is 5.79. The second-order valence-corrected chi connectivity index (χ2v) is 4.36. The van der Waals surface area contributed by atoms with Crippen molar-refractivity contribution < 1.29 is 19.4 Å². The van der Waals surface area contributed by atoms with Crippen molar-refractivity contribution in [2.75, 3.05) is 11.4 Å². The van der Waals surface area contributed by atoms with Crippen LogP contribution in [0, 0.1) is 6.92 Å². The molecule has 0 radical (unpaired) electrons. The molecule has 1 heterocycles. The summed E-state index contributed by atoms with van der Waals surface area (Å²) in [4.78, 5) is 24.2. The predicted octanol–water partition coefficient (Wildman–Crippen LogP) is 1.58. The van der Waals surface area contributed by atoms with E-state index in [0.29, 0.717) is 11.4 Å². The lowest BCUT2D eigenvalue weighted by atomic mass is 10.1. The van der Waals surface area contributed by atoms with E-state index < -0.39 is 12.1 Å². The fourth-order valence-electron chi connectivity index (χ4n) is 1.96. The van der Waals surface area contributed by atoms with Crippen molar-refractivity contribution in [3.8, 4) is 5.75 Å². The maximum Gasteiger partial charge on any atom is 0.305 e. The number of aryl methyl sites for hydroxylation is 1. The minimum atomic E-state index is -0.920. The lowest BCUT2D eigenvalue weighted by Crippen LogP contribution is -2.45. The number of ether oxygens (including phenoxy) is 1. The molecule has 18 heavy (non-hydrogen) atoms. The molecule has 0 fully saturated rings. The van der Waals surface area contributed by atoms with Crippen molar-refractivity contribution in [1.29, 1.82) is 0 Å². The molecule has 1 aromatic rings. The van der Waals surface area contributed by atoms with Gasteiger partial charge in [-0.2, -0.15) is 0 Å². The van der Waals surface area contributed by atoms with Crippen molar-refractivity contribution in [1.82, 2.24) is 0 Å². The summed E-state index contributed by atoms with van der Waals surface area (Å²) in [6.45, 7) is 3.75. The highest BCUT2D eigenvalue weighted by Crippen LogP contribution is 2.34. The van der Waals surface area contributed by atoms with Gasteiger partial charge in [-0.05, 0) is 31.5 Å². The van der Waals surface area contributed by atoms with Crippen LogP contribution >= 0.6 is 0 Å². The normalized spacial score (nSPS) is 18.2. The van der Waals surface area contributed by atoms with Crippen molar-refractivity contribution in [3.05, 3.63) is 23.8 Å². The van der Waals surface area contributed by atoms with Gasteiger partial charge >= 0.3 is 5.97 Å². The van der Waals surface area contributed by atoms with E-state index >= 15 is 0 Å². The monoisotopic (exact) mass is 249 g/mol. The van der Waals surface area contributed by atoms with Gasteiger partial charge in [0.1, 0.15) is 5.75 Å². The summed E-state index contributed by atoms with van der Waals surface area (Å²) in [5.74, 6) is -0.497. The summed E-state index contributed by atoms with van der Waals surface area (Å²) in [5.41, 5.74) is 1.65. The number of amides is 1. The van der Waals surface area contributed by atoms with Crippen LogP contribution in [-0.2, 0) is 9.59 Å². The first kappa shape index (κ1) is 12.4. The number of benzene rings is 1. The molecule has 0 aliphatic carbocycles. The lowest BCUT2D eigenvalue weighted by Gasteiger charge is -2.33. The molecule has 0 spiro atoms. The molecule has 96 valence electrons. The zero-order valence-corrected chi connectivity index (χ0v) is 10.3. The minimum Gasteiger partial charge on any atom is -0.481 e. The standard InChI is InChI=1S/C13H15NO4/c1-8-3-4-11-10(7-8)14(6-5-12(15)16)13(17)9(2)18-11/h3-4,7,9H,5-6H2,1-2H3,(H,15,16)/t9-/m1/s1. The summed E-state index contributed by atoms with van der Waals surface area (Å²) in [6, 6.07) is 5.54. The Kier molecular flexibility index (Phi) is 3.23. The Balaban J connectivity index is 2.34. The number of aliphatic carboxylic acids is 1. The number of rotatable bonds is 3. The summed E-state index contributed by atoms with van der Waals surface area (Å²) in [5, 5.41) is 8.73. The Morgan fingerprint density at radius 1 is 1.50 bits per heavy atom. The Bertz CT molecular complexity index is 498. The van der Waals surface area contributed by atoms with Gasteiger partial charge in [-0.1, -0.05) is 6.07 Å². The van der Waals surface area contributed by atoms with Gasteiger partial charge in [0, 0.05) is 6.54 Å². The average molecular weight is 249 g/mol. The molecule has 5 nitrogen and oxygen atoms in total. The Labute approximate surface area is 105 Å². The fraction of sp³-hybridized carbons (Fsp3) is 0.385. The topological polar surface area (TPSA) is 66.8 Å². The first-order valence-electron chi connectivity index (χ1n) is 5.79. The molecule has 1 amide bonds. The number of anilines is 1. The van der Waals surface area contributed by atoms with Crippen LogP contribution in [0.2, 0.25) is 0 Å². The number of hydrogen-bond donors (Lipinski definition) is 1. The Morgan fingerprint density at radius 2 is 2.22 bits per heavy atom. The van der Waals surface area contributed by atoms with Gasteiger partial charge in [-0.15, -0.1) is 0 Å². The predicted molar refractivity (Wildman–Crippen MR) is 65.9 cm³/mol. The quantitative estimate of drug-likeness (QED) is 0.883. The SMILES string of the molecule is Cc1ccc2c(c1)N(CCC(=O)O)C(=O)[C@@H](C)O2. The third-order valence-electron chi connectivity index (χ3n) is 2.87. The van der Waals surface area contributed by atoms with Gasteiger partial charge in [0.25, 0.3) is 5.91 Å². The van der Waals surface area contributed by atoms with Crippen LogP contribution in [0.5, 0.6) is 5.75 Å². The summed E-state index contributed by atoms with van der Waals surface area (Å²) in [6.07, 6.45) is -0.653. The van der Waals surface area contributed by atoms with Gasteiger partial charge in [0.15, 0.2) is 6.10 Å². The molecule has 0 bridgehead atoms. The van der Waals surface area contributed by atoms with E-state index in [4.69, 9.17) is 9.84 Å². The zero-order chi connectivity index (χ0) is 13.3. The molecule has 5 heteroatoms. The van der Waals surface area contributed by atoms with E-state index in [2.05, 4.69) is 0 Å². The van der Waals surface area contributed by atoms with Gasteiger partial charge in [0.05, 0.1) is 12.1 Å². The largest absolute Gasteiger partial charge is 0.481 e. The van der Waals surface area contributed by atoms with Crippen LogP contribution in [0.3, 0.4) is 0 Å². The Hall–Kier alpha value is -2.04. The maximum absolute atomic E-state index is 12.0. The Morgan fingerprint density at radius 3 is 2.89 bits per heavy atom. The molecular formula is C13H15NO4. The number of carboxylic acids is 1. The summed E-state index contributed by atoms with van der Waals surface area (Å²) < 4.78 is 5.50. The molecule has 0 unspecified atom stereocenters. The number of carbonyl (C=O) groups excluding carboxylic acids is 1. The lowest BCUT2D eigenvalue weighted by molar-refractivity contribution is -0.136. The number of hydrogen-bond acceptors (Lipinski definition) is 3. The molecule has 1 aliphatic heterocycles. The second-order valence-electron chi connectivity index (χ2n) is 4.36. The highest BCUT2D eigenvalue weighted by Gasteiger charge is 2.31. The van der Waals surface area contributed by atoms with Crippen LogP contribution in [0.4, 0.5) is 5.69 Å². The molecule has 1 aliphatic rings. The molecule has 0 saturated carbocycles. The van der Waals surface area contributed by atoms with Crippen molar-refractivity contribution in [3.63, 3.8) is 0 Å². The van der Waals surface area contributed by atoms with Crippen LogP contribution < -0.4 is 9.64 Å². The van der Waals surface area contributed by atoms with Crippen LogP contribution in [0.15, 0.2) is 18.2 Å². The third kappa shape index (κ3) is 2.30. The van der Waals surface area contributed by atoms with E-state index in [1.54, 1.807) is 13.0 Å². The first-order chi connectivity index (χ1) is 8.49. The maximum atomic E-state index is 12.0. The smallest absolute Gasteiger partial charge is 0.305 e. The van der Waals surface area contributed by atoms with E-state index in [0.717, 1.165) is 5.56 Å². The van der Waals surface area contributed by atoms with Gasteiger partial charge in [0.2, 0.25) is 0 Å². The van der Waals surface area contributed by atoms with Crippen LogP contribution in [0.1, 0.15) is 18.9 Å². The highest BCUT2D eigenvalue weighted by atomic mass is 16.5. The van der Waals surface area contributed by atoms with E-state index in [9.17, 15) is 9.59 Å². The van der Waals surface area contributed by atoms with Gasteiger partial charge < -0.3 is 14.7 Å². The molecule has 0 aromatic heterocycles. The van der Waals surface area contributed by atoms with E-state index in [1.165, 1.54) is 4.90 Å². The summed E-state index contributed by atoms with van der Waals surface area (Å²) in [7, 11) is 0. The van der Waals surface area contributed by atoms with Crippen LogP contribution in [0.25, 0.3) is 0 Å². The molecule has 1 aromatic carbocycles. The highest BCUT2D eigenvalue weighted by molar-refractivity contribution is 6.00. The van der Waals surface area contributed by atoms with E-state index in [1.807, 2.05) is 19.1 Å². The molecular weight excluding hydrogens is 234 g/mol. The van der Waals surface area contributed by atoms with Crippen molar-refractivity contribution >= 4 is 17.6 Å². The number of nitrogens with zero attached hydrogens (tertiary/aromatic N) is 1. The number of fused-ring (bicyclic) bond motifs is 1. The van der Waals surface area contributed by atoms with Crippen molar-refractivity contribution in [2.45, 2.75) is 26.4 Å². The fourth-order valence-corrected chi connectivity index (χ4v) is 1.96. The average Bonchev–Trinajstić information content (AvgIpc) is 2.30. The van der Waals surface area contributed by atoms with Crippen molar-refractivity contribution in [2.24, 2.45) is 0 Å². The van der Waals surface area contributed by atoms with E-state index in [-0.39, 0.29) is 18.9 Å². The zero-order valence-electron chi connectivity index (χ0n) is 10.3. The number of carbonyl (C=O) groups is 2. The molecule has 1 N–H and O–H groups in total. The second kappa shape index (κ2) is 4.68. The molecule has 2 rings (SSSR count). The third-order valence-corrected chi connectivity index (χ3v) is 2.87.